The monoisotopic (exact) mass is 796 g/mol. The van der Waals surface area contributed by atoms with Crippen molar-refractivity contribution < 1.29 is 48.1 Å². The largest absolute Gasteiger partial charge is 1.00 e. The molecule has 4 heteroatoms. The predicted octanol–water partition coefficient (Wildman–Crippen LogP) is 7.83. The average Bonchev–Trinajstić information content (AvgIpc) is 3.64. The third-order valence-electron chi connectivity index (χ3n) is 9.07. The number of rotatable bonds is 4. The normalized spacial score (nSPS) is 11.3. The summed E-state index contributed by atoms with van der Waals surface area (Å²) in [6, 6.07) is 38.6. The summed E-state index contributed by atoms with van der Waals surface area (Å²) in [6.45, 7) is 27.1. The second-order valence-electron chi connectivity index (χ2n) is 15.9. The molecule has 0 saturated carbocycles. The van der Waals surface area contributed by atoms with E-state index in [0.29, 0.717) is 5.92 Å². The second-order valence-corrected chi connectivity index (χ2v) is 25.3. The van der Waals surface area contributed by atoms with Crippen LogP contribution >= 0.6 is 0 Å². The SMILES string of the molecule is CC(C)c1cc2c(-c3ccc(C(C)(C)C)cc3)cccc2[cH-]1.CCc1ccc(-c2ccc(C(C)(C)C)cc2)c2cc(C)[cH-]c12.C[Si](C)=[Zr+2].[Cl-].[Cl-]. The van der Waals surface area contributed by atoms with E-state index in [-0.39, 0.29) is 41.1 Å². The third-order valence-corrected chi connectivity index (χ3v) is 9.07. The van der Waals surface area contributed by atoms with E-state index >= 15 is 0 Å². The van der Waals surface area contributed by atoms with Crippen LogP contribution in [0.4, 0.5) is 0 Å². The van der Waals surface area contributed by atoms with Gasteiger partial charge < -0.3 is 24.8 Å². The van der Waals surface area contributed by atoms with Gasteiger partial charge in [-0.05, 0) is 39.0 Å². The van der Waals surface area contributed by atoms with Crippen molar-refractivity contribution >= 4 is 27.0 Å². The first-order valence-corrected chi connectivity index (χ1v) is 23.8. The Kier molecular flexibility index (Phi) is 16.3. The quantitative estimate of drug-likeness (QED) is 0.126. The Bertz CT molecular complexity index is 1970. The first kappa shape index (κ1) is 43.9. The van der Waals surface area contributed by atoms with Crippen LogP contribution in [0.5, 0.6) is 0 Å². The molecule has 264 valence electrons. The minimum absolute atomic E-state index is 0. The number of halogens is 2. The summed E-state index contributed by atoms with van der Waals surface area (Å²) in [5, 5.41) is 5.52. The fourth-order valence-electron chi connectivity index (χ4n) is 6.21. The van der Waals surface area contributed by atoms with Crippen molar-refractivity contribution in [3.63, 3.8) is 0 Å². The molecule has 0 aromatic heterocycles. The van der Waals surface area contributed by atoms with Crippen LogP contribution in [-0.4, -0.2) is 5.43 Å². The maximum Gasteiger partial charge on any atom is -1.00 e. The standard InChI is InChI=1S/2C22H25.C2H6Si.2ClH.Zr/c1-15(2)18-13-17-7-6-8-20(21(17)14-18)16-9-11-19(12-10-16)22(3,4)5;1-6-16-9-12-19(21-14-15(2)13-20(16)21)17-7-10-18(11-8-17)22(3,4)5;1-3-2;;;/h6-15H,1-5H3;7-14H,6H2,1-5H3;1-2H3;2*1H;/q2*-1;;;;+2/p-2. The summed E-state index contributed by atoms with van der Waals surface area (Å²) < 4.78 is 0. The molecule has 0 amide bonds. The Morgan fingerprint density at radius 1 is 0.660 bits per heavy atom. The van der Waals surface area contributed by atoms with Crippen molar-refractivity contribution in [2.24, 2.45) is 0 Å². The fourth-order valence-corrected chi connectivity index (χ4v) is 6.21. The summed E-state index contributed by atoms with van der Waals surface area (Å²) in [6.07, 6.45) is 1.09. The summed E-state index contributed by atoms with van der Waals surface area (Å²) in [4.78, 5) is 0. The average molecular weight is 799 g/mol. The molecule has 0 radical (unpaired) electrons. The van der Waals surface area contributed by atoms with Crippen LogP contribution in [0.15, 0.2) is 103 Å². The molecule has 0 fully saturated rings. The number of aryl methyl sites for hydroxylation is 2. The van der Waals surface area contributed by atoms with Gasteiger partial charge in [-0.25, -0.2) is 0 Å². The Morgan fingerprint density at radius 3 is 1.58 bits per heavy atom. The molecule has 0 saturated heterocycles. The van der Waals surface area contributed by atoms with Gasteiger partial charge in [-0.1, -0.05) is 147 Å². The van der Waals surface area contributed by atoms with Crippen LogP contribution in [-0.2, 0) is 40.6 Å². The second kappa shape index (κ2) is 18.5. The molecule has 0 atom stereocenters. The van der Waals surface area contributed by atoms with E-state index in [0.717, 1.165) is 6.42 Å². The smallest absolute Gasteiger partial charge is 1.00 e. The molecule has 0 bridgehead atoms. The Morgan fingerprint density at radius 2 is 1.14 bits per heavy atom. The Balaban J connectivity index is 0.000000303. The van der Waals surface area contributed by atoms with Gasteiger partial charge in [0.05, 0.1) is 0 Å². The molecule has 0 N–H and O–H groups in total. The zero-order valence-corrected chi connectivity index (χ0v) is 37.3. The Hall–Kier alpha value is -2.22. The van der Waals surface area contributed by atoms with Crippen molar-refractivity contribution in [3.8, 4) is 22.3 Å². The molecule has 0 nitrogen and oxygen atoms in total. The number of hydrogen-bond acceptors (Lipinski definition) is 0. The van der Waals surface area contributed by atoms with Gasteiger partial charge in [0.25, 0.3) is 0 Å². The van der Waals surface area contributed by atoms with Gasteiger partial charge in [0.2, 0.25) is 0 Å². The molecular formula is C46H56Cl2SiZr-2. The van der Waals surface area contributed by atoms with Gasteiger partial charge in [-0.15, -0.1) is 68.6 Å². The van der Waals surface area contributed by atoms with Crippen molar-refractivity contribution in [1.82, 2.24) is 0 Å². The van der Waals surface area contributed by atoms with E-state index in [4.69, 9.17) is 0 Å². The van der Waals surface area contributed by atoms with Gasteiger partial charge in [0.15, 0.2) is 0 Å². The van der Waals surface area contributed by atoms with E-state index in [1.54, 1.807) is 23.3 Å². The molecule has 50 heavy (non-hydrogen) atoms. The zero-order valence-electron chi connectivity index (χ0n) is 32.4. The molecule has 0 aliphatic rings. The predicted molar refractivity (Wildman–Crippen MR) is 213 cm³/mol. The van der Waals surface area contributed by atoms with Gasteiger partial charge >= 0.3 is 41.9 Å². The van der Waals surface area contributed by atoms with E-state index in [9.17, 15) is 0 Å². The van der Waals surface area contributed by atoms with Gasteiger partial charge in [-0.2, -0.15) is 12.1 Å². The molecule has 6 aromatic rings. The molecule has 0 aliphatic carbocycles. The minimum Gasteiger partial charge on any atom is -1.00 e. The summed E-state index contributed by atoms with van der Waals surface area (Å²) in [5.41, 5.74) is 12.9. The van der Waals surface area contributed by atoms with Crippen LogP contribution in [0, 0.1) is 6.92 Å². The van der Waals surface area contributed by atoms with E-state index < -0.39 is 0 Å². The third kappa shape index (κ3) is 11.1. The number of benzene rings is 4. The fraction of sp³-hybridized carbons (Fsp3) is 0.348. The van der Waals surface area contributed by atoms with Crippen LogP contribution in [0.1, 0.15) is 96.0 Å². The van der Waals surface area contributed by atoms with Crippen molar-refractivity contribution in [2.75, 3.05) is 0 Å². The number of hydrogen-bond donors (Lipinski definition) is 0. The maximum absolute atomic E-state index is 2.35. The first-order valence-electron chi connectivity index (χ1n) is 17.6. The molecule has 0 heterocycles. The summed E-state index contributed by atoms with van der Waals surface area (Å²) in [7, 11) is 0. The van der Waals surface area contributed by atoms with Crippen LogP contribution in [0.3, 0.4) is 0 Å². The molecule has 6 aromatic carbocycles. The van der Waals surface area contributed by atoms with E-state index in [2.05, 4.69) is 185 Å². The first-order chi connectivity index (χ1) is 22.5. The summed E-state index contributed by atoms with van der Waals surface area (Å²) in [5.74, 6) is 0.573. The minimum atomic E-state index is 0. The maximum atomic E-state index is 2.35. The molecular weight excluding hydrogens is 743 g/mol. The zero-order chi connectivity index (χ0) is 35.4. The van der Waals surface area contributed by atoms with Crippen LogP contribution < -0.4 is 24.8 Å². The van der Waals surface area contributed by atoms with Crippen molar-refractivity contribution in [3.05, 3.63) is 131 Å². The molecule has 0 unspecified atom stereocenters. The van der Waals surface area contributed by atoms with Gasteiger partial charge in [-0.3, -0.25) is 0 Å². The molecule has 6 rings (SSSR count). The van der Waals surface area contributed by atoms with E-state index in [1.165, 1.54) is 71.6 Å². The molecule has 0 spiro atoms. The van der Waals surface area contributed by atoms with E-state index in [1.807, 2.05) is 0 Å². The Labute approximate surface area is 331 Å². The van der Waals surface area contributed by atoms with Crippen LogP contribution in [0.25, 0.3) is 43.8 Å². The van der Waals surface area contributed by atoms with Gasteiger partial charge in [0.1, 0.15) is 0 Å². The van der Waals surface area contributed by atoms with Crippen LogP contribution in [0.2, 0.25) is 13.1 Å². The topological polar surface area (TPSA) is 0 Å². The number of fused-ring (bicyclic) bond motifs is 2. The van der Waals surface area contributed by atoms with Crippen molar-refractivity contribution in [1.29, 1.82) is 0 Å². The summed E-state index contributed by atoms with van der Waals surface area (Å²) >= 11 is 1.74. The van der Waals surface area contributed by atoms with Crippen molar-refractivity contribution in [2.45, 2.75) is 106 Å². The molecule has 0 aliphatic heterocycles. The van der Waals surface area contributed by atoms with Gasteiger partial charge in [0, 0.05) is 0 Å².